The molecule has 0 unspecified atom stereocenters. The number of benzene rings is 2. The van der Waals surface area contributed by atoms with Crippen LogP contribution in [0.3, 0.4) is 0 Å². The Morgan fingerprint density at radius 3 is 2.41 bits per heavy atom. The molecule has 0 saturated carbocycles. The predicted molar refractivity (Wildman–Crippen MR) is 117 cm³/mol. The molecule has 0 bridgehead atoms. The Kier molecular flexibility index (Phi) is 7.00. The van der Waals surface area contributed by atoms with E-state index >= 15 is 0 Å². The minimum absolute atomic E-state index is 0.127. The third-order valence-electron chi connectivity index (χ3n) is 4.49. The van der Waals surface area contributed by atoms with Gasteiger partial charge in [0.1, 0.15) is 12.4 Å². The maximum absolute atomic E-state index is 13.0. The van der Waals surface area contributed by atoms with Gasteiger partial charge in [-0.15, -0.1) is 0 Å². The second kappa shape index (κ2) is 9.38. The molecule has 0 aliphatic heterocycles. The number of halogens is 3. The number of aromatic nitrogens is 2. The normalized spacial score (nSPS) is 12.1. The van der Waals surface area contributed by atoms with Gasteiger partial charge in [0.25, 0.3) is 5.56 Å². The standard InChI is InChI=1S/C23H23F3N2O3S/c1-4-15-13-17(7-10-19(15)31-14-22(2,3)30)28-12-11-27-20(21(28)29)32-18-8-5-16(6-9-18)23(24,25)26/h5-13,30H,4,14H2,1-3H3. The molecular weight excluding hydrogens is 441 g/mol. The highest BCUT2D eigenvalue weighted by atomic mass is 32.2. The fourth-order valence-corrected chi connectivity index (χ4v) is 3.67. The molecule has 3 aromatic rings. The Bertz CT molecular complexity index is 1140. The van der Waals surface area contributed by atoms with E-state index in [2.05, 4.69) is 4.98 Å². The molecular formula is C23H23F3N2O3S. The van der Waals surface area contributed by atoms with E-state index in [1.54, 1.807) is 26.0 Å². The monoisotopic (exact) mass is 464 g/mol. The Morgan fingerprint density at radius 1 is 1.12 bits per heavy atom. The Balaban J connectivity index is 1.87. The molecule has 0 fully saturated rings. The summed E-state index contributed by atoms with van der Waals surface area (Å²) >= 11 is 1.00. The molecule has 0 aliphatic carbocycles. The molecule has 32 heavy (non-hydrogen) atoms. The zero-order valence-electron chi connectivity index (χ0n) is 17.8. The van der Waals surface area contributed by atoms with Crippen LogP contribution in [0.15, 0.2) is 69.6 Å². The average Bonchev–Trinajstić information content (AvgIpc) is 2.73. The van der Waals surface area contributed by atoms with E-state index < -0.39 is 17.3 Å². The number of alkyl halides is 3. The second-order valence-corrected chi connectivity index (χ2v) is 8.84. The van der Waals surface area contributed by atoms with Crippen LogP contribution in [0, 0.1) is 0 Å². The molecule has 1 heterocycles. The van der Waals surface area contributed by atoms with E-state index in [0.29, 0.717) is 22.8 Å². The summed E-state index contributed by atoms with van der Waals surface area (Å²) < 4.78 is 45.4. The lowest BCUT2D eigenvalue weighted by Crippen LogP contribution is -2.28. The van der Waals surface area contributed by atoms with Gasteiger partial charge in [-0.3, -0.25) is 9.36 Å². The summed E-state index contributed by atoms with van der Waals surface area (Å²) in [4.78, 5) is 17.6. The van der Waals surface area contributed by atoms with E-state index in [1.807, 2.05) is 13.0 Å². The number of aryl methyl sites for hydroxylation is 1. The molecule has 2 aromatic carbocycles. The molecule has 0 radical (unpaired) electrons. The molecule has 1 aromatic heterocycles. The summed E-state index contributed by atoms with van der Waals surface area (Å²) in [6.07, 6.45) is -0.758. The van der Waals surface area contributed by atoms with Crippen molar-refractivity contribution in [2.24, 2.45) is 0 Å². The topological polar surface area (TPSA) is 64.4 Å². The minimum Gasteiger partial charge on any atom is -0.490 e. The summed E-state index contributed by atoms with van der Waals surface area (Å²) in [5, 5.41) is 10.0. The van der Waals surface area contributed by atoms with E-state index in [0.717, 1.165) is 29.5 Å². The molecule has 1 N–H and O–H groups in total. The van der Waals surface area contributed by atoms with Gasteiger partial charge < -0.3 is 9.84 Å². The third-order valence-corrected chi connectivity index (χ3v) is 5.47. The number of aliphatic hydroxyl groups is 1. The van der Waals surface area contributed by atoms with Crippen molar-refractivity contribution in [2.45, 2.75) is 48.9 Å². The van der Waals surface area contributed by atoms with Crippen molar-refractivity contribution in [3.05, 3.63) is 76.3 Å². The minimum atomic E-state index is -4.42. The van der Waals surface area contributed by atoms with Crippen molar-refractivity contribution < 1.29 is 23.0 Å². The first-order valence-corrected chi connectivity index (χ1v) is 10.7. The van der Waals surface area contributed by atoms with E-state index in [9.17, 15) is 23.1 Å². The third kappa shape index (κ3) is 5.92. The van der Waals surface area contributed by atoms with E-state index in [1.165, 1.54) is 29.1 Å². The van der Waals surface area contributed by atoms with Crippen LogP contribution >= 0.6 is 11.8 Å². The lowest BCUT2D eigenvalue weighted by molar-refractivity contribution is -0.137. The van der Waals surface area contributed by atoms with E-state index in [4.69, 9.17) is 4.74 Å². The van der Waals surface area contributed by atoms with Crippen LogP contribution in [-0.4, -0.2) is 26.9 Å². The lowest BCUT2D eigenvalue weighted by Gasteiger charge is -2.20. The van der Waals surface area contributed by atoms with Crippen LogP contribution in [-0.2, 0) is 12.6 Å². The molecule has 9 heteroatoms. The Labute approximate surface area is 187 Å². The Hall–Kier alpha value is -2.78. The van der Waals surface area contributed by atoms with Crippen molar-refractivity contribution in [1.82, 2.24) is 9.55 Å². The van der Waals surface area contributed by atoms with Gasteiger partial charge in [0.05, 0.1) is 11.2 Å². The zero-order chi connectivity index (χ0) is 23.5. The molecule has 3 rings (SSSR count). The zero-order valence-corrected chi connectivity index (χ0v) is 18.6. The highest BCUT2D eigenvalue weighted by Gasteiger charge is 2.30. The fraction of sp³-hybridized carbons (Fsp3) is 0.304. The molecule has 0 aliphatic rings. The first-order chi connectivity index (χ1) is 15.0. The van der Waals surface area contributed by atoms with Gasteiger partial charge in [0, 0.05) is 23.0 Å². The van der Waals surface area contributed by atoms with Crippen LogP contribution in [0.5, 0.6) is 5.75 Å². The van der Waals surface area contributed by atoms with Crippen LogP contribution in [0.25, 0.3) is 5.69 Å². The van der Waals surface area contributed by atoms with Crippen LogP contribution in [0.1, 0.15) is 31.9 Å². The Morgan fingerprint density at radius 2 is 1.81 bits per heavy atom. The average molecular weight is 465 g/mol. The summed E-state index contributed by atoms with van der Waals surface area (Å²) in [5.41, 5.74) is -0.633. The van der Waals surface area contributed by atoms with Crippen molar-refractivity contribution >= 4 is 11.8 Å². The van der Waals surface area contributed by atoms with Crippen molar-refractivity contribution in [3.8, 4) is 11.4 Å². The van der Waals surface area contributed by atoms with Gasteiger partial charge in [-0.1, -0.05) is 18.7 Å². The van der Waals surface area contributed by atoms with Crippen LogP contribution in [0.2, 0.25) is 0 Å². The van der Waals surface area contributed by atoms with Gasteiger partial charge in [0.2, 0.25) is 0 Å². The summed E-state index contributed by atoms with van der Waals surface area (Å²) in [7, 11) is 0. The van der Waals surface area contributed by atoms with Crippen molar-refractivity contribution in [1.29, 1.82) is 0 Å². The van der Waals surface area contributed by atoms with Gasteiger partial charge in [-0.05, 0) is 68.3 Å². The molecule has 170 valence electrons. The van der Waals surface area contributed by atoms with Gasteiger partial charge in [0.15, 0.2) is 5.03 Å². The van der Waals surface area contributed by atoms with Gasteiger partial charge in [-0.25, -0.2) is 4.98 Å². The smallest absolute Gasteiger partial charge is 0.416 e. The number of ether oxygens (including phenoxy) is 1. The van der Waals surface area contributed by atoms with Gasteiger partial charge in [-0.2, -0.15) is 13.2 Å². The van der Waals surface area contributed by atoms with E-state index in [-0.39, 0.29) is 17.2 Å². The summed E-state index contributed by atoms with van der Waals surface area (Å²) in [6, 6.07) is 9.88. The van der Waals surface area contributed by atoms with Crippen molar-refractivity contribution in [2.75, 3.05) is 6.61 Å². The van der Waals surface area contributed by atoms with Crippen LogP contribution in [0.4, 0.5) is 13.2 Å². The summed E-state index contributed by atoms with van der Waals surface area (Å²) in [5.74, 6) is 0.625. The van der Waals surface area contributed by atoms with Crippen LogP contribution < -0.4 is 10.3 Å². The number of nitrogens with zero attached hydrogens (tertiary/aromatic N) is 2. The quantitative estimate of drug-likeness (QED) is 0.526. The molecule has 0 spiro atoms. The number of hydrogen-bond donors (Lipinski definition) is 1. The molecule has 5 nitrogen and oxygen atoms in total. The highest BCUT2D eigenvalue weighted by Crippen LogP contribution is 2.32. The maximum Gasteiger partial charge on any atom is 0.416 e. The van der Waals surface area contributed by atoms with Crippen molar-refractivity contribution in [3.63, 3.8) is 0 Å². The highest BCUT2D eigenvalue weighted by molar-refractivity contribution is 7.99. The molecule has 0 saturated heterocycles. The lowest BCUT2D eigenvalue weighted by atomic mass is 10.1. The molecule has 0 atom stereocenters. The fourth-order valence-electron chi connectivity index (χ4n) is 2.88. The maximum atomic E-state index is 13.0. The first-order valence-electron chi connectivity index (χ1n) is 9.89. The number of rotatable bonds is 7. The predicted octanol–water partition coefficient (Wildman–Crippen LogP) is 5.11. The number of hydrogen-bond acceptors (Lipinski definition) is 5. The largest absolute Gasteiger partial charge is 0.490 e. The first kappa shape index (κ1) is 23.9. The molecule has 0 amide bonds. The SMILES string of the molecule is CCc1cc(-n2ccnc(Sc3ccc(C(F)(F)F)cc3)c2=O)ccc1OCC(C)(C)O. The summed E-state index contributed by atoms with van der Waals surface area (Å²) in [6.45, 7) is 5.39. The van der Waals surface area contributed by atoms with Gasteiger partial charge >= 0.3 is 6.18 Å². The second-order valence-electron chi connectivity index (χ2n) is 7.78.